The molecule has 100 valence electrons. The highest BCUT2D eigenvalue weighted by Gasteiger charge is 2.13. The largest absolute Gasteiger partial charge is 0.504 e. The van der Waals surface area contributed by atoms with Gasteiger partial charge in [0.2, 0.25) is 0 Å². The standard InChI is InChI=1S/C14H15NO4/c1-9(7-11-3-2-6-19-11)15-14(18)10-4-5-12(16)13(17)8-10/h2-6,8-9,16-17H,7H2,1H3,(H,15,18). The van der Waals surface area contributed by atoms with E-state index in [1.165, 1.54) is 18.2 Å². The average molecular weight is 261 g/mol. The van der Waals surface area contributed by atoms with E-state index in [4.69, 9.17) is 4.42 Å². The van der Waals surface area contributed by atoms with Crippen molar-refractivity contribution in [3.63, 3.8) is 0 Å². The average Bonchev–Trinajstić information content (AvgIpc) is 2.85. The Morgan fingerprint density at radius 1 is 1.32 bits per heavy atom. The summed E-state index contributed by atoms with van der Waals surface area (Å²) in [6.45, 7) is 1.86. The first-order chi connectivity index (χ1) is 9.06. The van der Waals surface area contributed by atoms with Gasteiger partial charge in [0.1, 0.15) is 5.76 Å². The summed E-state index contributed by atoms with van der Waals surface area (Å²) in [5.41, 5.74) is 0.293. The van der Waals surface area contributed by atoms with Crippen molar-refractivity contribution in [3.8, 4) is 11.5 Å². The van der Waals surface area contributed by atoms with Gasteiger partial charge in [-0.15, -0.1) is 0 Å². The van der Waals surface area contributed by atoms with Gasteiger partial charge in [-0.2, -0.15) is 0 Å². The molecule has 0 aliphatic carbocycles. The second-order valence-electron chi connectivity index (χ2n) is 4.36. The molecule has 0 saturated carbocycles. The number of amides is 1. The van der Waals surface area contributed by atoms with E-state index in [2.05, 4.69) is 5.32 Å². The van der Waals surface area contributed by atoms with Crippen molar-refractivity contribution in [2.45, 2.75) is 19.4 Å². The third-order valence-corrected chi connectivity index (χ3v) is 2.70. The molecule has 0 aliphatic rings. The van der Waals surface area contributed by atoms with Gasteiger partial charge in [0.15, 0.2) is 11.5 Å². The molecule has 0 bridgehead atoms. The lowest BCUT2D eigenvalue weighted by Crippen LogP contribution is -2.33. The van der Waals surface area contributed by atoms with Crippen LogP contribution in [0, 0.1) is 0 Å². The molecule has 2 aromatic rings. The number of rotatable bonds is 4. The summed E-state index contributed by atoms with van der Waals surface area (Å²) >= 11 is 0. The Hall–Kier alpha value is -2.43. The van der Waals surface area contributed by atoms with Crippen molar-refractivity contribution >= 4 is 5.91 Å². The summed E-state index contributed by atoms with van der Waals surface area (Å²) in [6, 6.07) is 7.49. The molecule has 1 atom stereocenters. The minimum absolute atomic E-state index is 0.102. The van der Waals surface area contributed by atoms with E-state index in [-0.39, 0.29) is 23.4 Å². The van der Waals surface area contributed by atoms with Crippen LogP contribution in [-0.4, -0.2) is 22.2 Å². The molecule has 0 aliphatic heterocycles. The quantitative estimate of drug-likeness (QED) is 0.736. The zero-order valence-corrected chi connectivity index (χ0v) is 10.5. The predicted octanol–water partition coefficient (Wildman–Crippen LogP) is 2.05. The van der Waals surface area contributed by atoms with Crippen molar-refractivity contribution in [2.24, 2.45) is 0 Å². The first-order valence-corrected chi connectivity index (χ1v) is 5.91. The van der Waals surface area contributed by atoms with E-state index in [9.17, 15) is 15.0 Å². The lowest BCUT2D eigenvalue weighted by Gasteiger charge is -2.12. The molecule has 3 N–H and O–H groups in total. The van der Waals surface area contributed by atoms with Gasteiger partial charge < -0.3 is 19.9 Å². The van der Waals surface area contributed by atoms with Gasteiger partial charge in [-0.05, 0) is 37.3 Å². The van der Waals surface area contributed by atoms with Gasteiger partial charge in [0.25, 0.3) is 5.91 Å². The molecule has 1 heterocycles. The summed E-state index contributed by atoms with van der Waals surface area (Å²) in [4.78, 5) is 11.9. The molecule has 0 saturated heterocycles. The first-order valence-electron chi connectivity index (χ1n) is 5.91. The molecule has 0 fully saturated rings. The minimum Gasteiger partial charge on any atom is -0.504 e. The topological polar surface area (TPSA) is 82.7 Å². The molecule has 1 amide bonds. The maximum Gasteiger partial charge on any atom is 0.251 e. The number of benzene rings is 1. The van der Waals surface area contributed by atoms with Crippen LogP contribution in [-0.2, 0) is 6.42 Å². The number of furan rings is 1. The maximum atomic E-state index is 11.9. The maximum absolute atomic E-state index is 11.9. The molecular formula is C14H15NO4. The highest BCUT2D eigenvalue weighted by Crippen LogP contribution is 2.24. The Kier molecular flexibility index (Phi) is 3.75. The third kappa shape index (κ3) is 3.28. The van der Waals surface area contributed by atoms with Gasteiger partial charge in [-0.25, -0.2) is 0 Å². The number of hydrogen-bond acceptors (Lipinski definition) is 4. The van der Waals surface area contributed by atoms with Crippen molar-refractivity contribution in [3.05, 3.63) is 47.9 Å². The molecule has 2 rings (SSSR count). The molecule has 5 heteroatoms. The van der Waals surface area contributed by atoms with Crippen molar-refractivity contribution in [1.82, 2.24) is 5.32 Å². The van der Waals surface area contributed by atoms with Crippen LogP contribution in [0.15, 0.2) is 41.0 Å². The number of phenols is 2. The van der Waals surface area contributed by atoms with E-state index in [1.807, 2.05) is 13.0 Å². The molecule has 1 unspecified atom stereocenters. The molecule has 1 aromatic heterocycles. The fraction of sp³-hybridized carbons (Fsp3) is 0.214. The fourth-order valence-electron chi connectivity index (χ4n) is 1.75. The van der Waals surface area contributed by atoms with Gasteiger partial charge in [-0.3, -0.25) is 4.79 Å². The predicted molar refractivity (Wildman–Crippen MR) is 69.1 cm³/mol. The smallest absolute Gasteiger partial charge is 0.251 e. The van der Waals surface area contributed by atoms with Crippen LogP contribution in [0.25, 0.3) is 0 Å². The highest BCUT2D eigenvalue weighted by molar-refractivity contribution is 5.95. The number of aromatic hydroxyl groups is 2. The fourth-order valence-corrected chi connectivity index (χ4v) is 1.75. The van der Waals surface area contributed by atoms with Crippen LogP contribution >= 0.6 is 0 Å². The van der Waals surface area contributed by atoms with Crippen LogP contribution in [0.4, 0.5) is 0 Å². The summed E-state index contributed by atoms with van der Waals surface area (Å²) in [5, 5.41) is 21.3. The monoisotopic (exact) mass is 261 g/mol. The normalized spacial score (nSPS) is 12.1. The summed E-state index contributed by atoms with van der Waals surface area (Å²) < 4.78 is 5.20. The SMILES string of the molecule is CC(Cc1ccco1)NC(=O)c1ccc(O)c(O)c1. The number of carbonyl (C=O) groups is 1. The molecular weight excluding hydrogens is 246 g/mol. The molecule has 1 aromatic carbocycles. The Balaban J connectivity index is 1.98. The van der Waals surface area contributed by atoms with Gasteiger partial charge >= 0.3 is 0 Å². The van der Waals surface area contributed by atoms with E-state index in [0.717, 1.165) is 5.76 Å². The Bertz CT molecular complexity index is 563. The van der Waals surface area contributed by atoms with E-state index < -0.39 is 0 Å². The summed E-state index contributed by atoms with van der Waals surface area (Å²) in [5.74, 6) is -0.0813. The Morgan fingerprint density at radius 3 is 2.74 bits per heavy atom. The Labute approximate surface area is 110 Å². The number of hydrogen-bond donors (Lipinski definition) is 3. The van der Waals surface area contributed by atoms with Crippen molar-refractivity contribution in [2.75, 3.05) is 0 Å². The number of nitrogens with one attached hydrogen (secondary N) is 1. The summed E-state index contributed by atoms with van der Waals surface area (Å²) in [7, 11) is 0. The van der Waals surface area contributed by atoms with Gasteiger partial charge in [0.05, 0.1) is 6.26 Å². The molecule has 19 heavy (non-hydrogen) atoms. The van der Waals surface area contributed by atoms with Crippen LogP contribution in [0.3, 0.4) is 0 Å². The van der Waals surface area contributed by atoms with Crippen molar-refractivity contribution in [1.29, 1.82) is 0 Å². The zero-order chi connectivity index (χ0) is 13.8. The first kappa shape index (κ1) is 13.0. The van der Waals surface area contributed by atoms with Gasteiger partial charge in [-0.1, -0.05) is 0 Å². The second kappa shape index (κ2) is 5.48. The molecule has 5 nitrogen and oxygen atoms in total. The van der Waals surface area contributed by atoms with E-state index >= 15 is 0 Å². The van der Waals surface area contributed by atoms with Crippen LogP contribution < -0.4 is 5.32 Å². The zero-order valence-electron chi connectivity index (χ0n) is 10.5. The van der Waals surface area contributed by atoms with E-state index in [0.29, 0.717) is 12.0 Å². The highest BCUT2D eigenvalue weighted by atomic mass is 16.3. The second-order valence-corrected chi connectivity index (χ2v) is 4.36. The van der Waals surface area contributed by atoms with Crippen LogP contribution in [0.5, 0.6) is 11.5 Å². The van der Waals surface area contributed by atoms with Crippen LogP contribution in [0.1, 0.15) is 23.0 Å². The molecule has 0 spiro atoms. The molecule has 0 radical (unpaired) electrons. The third-order valence-electron chi connectivity index (χ3n) is 2.70. The lowest BCUT2D eigenvalue weighted by molar-refractivity contribution is 0.0939. The lowest BCUT2D eigenvalue weighted by atomic mass is 10.1. The van der Waals surface area contributed by atoms with E-state index in [1.54, 1.807) is 12.3 Å². The van der Waals surface area contributed by atoms with Gasteiger partial charge in [0, 0.05) is 18.0 Å². The number of carbonyl (C=O) groups excluding carboxylic acids is 1. The Morgan fingerprint density at radius 2 is 2.11 bits per heavy atom. The van der Waals surface area contributed by atoms with Crippen molar-refractivity contribution < 1.29 is 19.4 Å². The minimum atomic E-state index is -0.314. The van der Waals surface area contributed by atoms with Crippen LogP contribution in [0.2, 0.25) is 0 Å². The number of phenolic OH excluding ortho intramolecular Hbond substituents is 2. The summed E-state index contributed by atoms with van der Waals surface area (Å²) in [6.07, 6.45) is 2.17.